The topological polar surface area (TPSA) is 143 Å². The molecule has 0 aliphatic carbocycles. The van der Waals surface area contributed by atoms with E-state index in [1.54, 1.807) is 23.9 Å². The van der Waals surface area contributed by atoms with Crippen LogP contribution in [0.5, 0.6) is 11.5 Å². The number of hydrogen-bond acceptors (Lipinski definition) is 11. The quantitative estimate of drug-likeness (QED) is 0.0584. The number of fused-ring (bicyclic) bond motifs is 4. The van der Waals surface area contributed by atoms with Crippen LogP contribution in [-0.2, 0) is 23.0 Å². The number of nitrogens with zero attached hydrogens (tertiary/aromatic N) is 3. The van der Waals surface area contributed by atoms with Crippen molar-refractivity contribution in [2.75, 3.05) is 55.4 Å². The second-order valence-corrected chi connectivity index (χ2v) is 16.8. The van der Waals surface area contributed by atoms with Gasteiger partial charge in [-0.3, -0.25) is 19.8 Å². The van der Waals surface area contributed by atoms with E-state index in [1.165, 1.54) is 23.3 Å². The molecule has 0 spiro atoms. The molecule has 0 radical (unpaired) electrons. The van der Waals surface area contributed by atoms with Gasteiger partial charge in [0.1, 0.15) is 18.9 Å². The van der Waals surface area contributed by atoms with Crippen LogP contribution in [0.3, 0.4) is 0 Å². The van der Waals surface area contributed by atoms with Gasteiger partial charge < -0.3 is 19.7 Å². The van der Waals surface area contributed by atoms with Gasteiger partial charge in [-0.05, 0) is 89.7 Å². The summed E-state index contributed by atoms with van der Waals surface area (Å²) < 4.78 is 40.3. The molecule has 1 amide bonds. The lowest BCUT2D eigenvalue weighted by Gasteiger charge is -2.46. The highest BCUT2D eigenvalue weighted by atomic mass is 32.2. The summed E-state index contributed by atoms with van der Waals surface area (Å²) >= 11 is 1.60. The Labute approximate surface area is 330 Å². The fourth-order valence-corrected chi connectivity index (χ4v) is 9.42. The van der Waals surface area contributed by atoms with E-state index in [-0.39, 0.29) is 16.1 Å². The van der Waals surface area contributed by atoms with Crippen molar-refractivity contribution in [1.29, 1.82) is 0 Å². The van der Waals surface area contributed by atoms with Crippen LogP contribution in [0.25, 0.3) is 11.1 Å². The Morgan fingerprint density at radius 3 is 2.54 bits per heavy atom. The van der Waals surface area contributed by atoms with E-state index in [4.69, 9.17) is 9.47 Å². The van der Waals surface area contributed by atoms with Crippen molar-refractivity contribution >= 4 is 44.8 Å². The number of carbonyl (C=O) groups excluding carboxylic acids is 1. The molecule has 3 aliphatic rings. The number of anilines is 2. The van der Waals surface area contributed by atoms with Crippen molar-refractivity contribution < 1.29 is 27.6 Å². The molecule has 5 aromatic rings. The third-order valence-corrected chi connectivity index (χ3v) is 12.7. The Morgan fingerprint density at radius 1 is 0.893 bits per heavy atom. The number of aryl methyl sites for hydroxylation is 1. The predicted molar refractivity (Wildman–Crippen MR) is 217 cm³/mol. The summed E-state index contributed by atoms with van der Waals surface area (Å²) in [5, 5.41) is 14.9. The Hall–Kier alpha value is -5.57. The zero-order valence-corrected chi connectivity index (χ0v) is 32.2. The molecule has 3 aliphatic heterocycles. The first-order valence-corrected chi connectivity index (χ1v) is 21.1. The molecule has 12 nitrogen and oxygen atoms in total. The minimum absolute atomic E-state index is 0.198. The number of thioether (sulfide) groups is 1. The standard InChI is InChI=1S/C42H41N5O7S2/c48-42(44-56(51,52)35-14-15-37(39(26-35)47(49)50)43-18-23-55-34-7-2-1-3-8-34)31-11-16-38-30(24-31)10-13-33-28-45(19-20-46(33)38)27-32-6-4-5-9-36(32)29-12-17-40-41(25-29)54-22-21-53-40/h1-9,11-12,14-17,24-26,33,43H,10,13,18-23,27-28H2,(H,44,48)/t33-/m1/s1. The van der Waals surface area contributed by atoms with Crippen LogP contribution in [0.1, 0.15) is 27.9 Å². The molecule has 0 saturated carbocycles. The highest BCUT2D eigenvalue weighted by Gasteiger charge is 2.33. The monoisotopic (exact) mass is 791 g/mol. The number of benzene rings is 5. The van der Waals surface area contributed by atoms with Crippen LogP contribution in [-0.4, -0.2) is 75.3 Å². The average molecular weight is 792 g/mol. The van der Waals surface area contributed by atoms with E-state index < -0.39 is 26.5 Å². The van der Waals surface area contributed by atoms with Gasteiger partial charge in [-0.25, -0.2) is 13.1 Å². The SMILES string of the molecule is O=C(NS(=O)(=O)c1ccc(NCCSc2ccccc2)c([N+](=O)[O-])c1)c1ccc2c(c1)CC[C@@H]1CN(Cc3ccccc3-c3ccc4c(c3)OCCO4)CCN21. The van der Waals surface area contributed by atoms with Gasteiger partial charge in [-0.2, -0.15) is 0 Å². The molecule has 8 rings (SSSR count). The Morgan fingerprint density at radius 2 is 1.70 bits per heavy atom. The number of carbonyl (C=O) groups is 1. The van der Waals surface area contributed by atoms with E-state index >= 15 is 0 Å². The van der Waals surface area contributed by atoms with Crippen LogP contribution < -0.4 is 24.4 Å². The van der Waals surface area contributed by atoms with Gasteiger partial charge in [-0.1, -0.05) is 48.5 Å². The van der Waals surface area contributed by atoms with Crippen molar-refractivity contribution in [1.82, 2.24) is 9.62 Å². The summed E-state index contributed by atoms with van der Waals surface area (Å²) in [5.41, 5.74) is 5.57. The van der Waals surface area contributed by atoms with Crippen molar-refractivity contribution in [3.63, 3.8) is 0 Å². The molecule has 2 N–H and O–H groups in total. The number of amides is 1. The number of ether oxygens (including phenoxy) is 2. The number of rotatable bonds is 12. The van der Waals surface area contributed by atoms with Crippen molar-refractivity contribution in [2.24, 2.45) is 0 Å². The maximum Gasteiger partial charge on any atom is 0.293 e. The van der Waals surface area contributed by atoms with Crippen LogP contribution in [0.2, 0.25) is 0 Å². The average Bonchev–Trinajstić information content (AvgIpc) is 3.22. The van der Waals surface area contributed by atoms with E-state index in [0.717, 1.165) is 78.3 Å². The molecule has 5 aromatic carbocycles. The Kier molecular flexibility index (Phi) is 10.9. The lowest BCUT2D eigenvalue weighted by atomic mass is 9.92. The van der Waals surface area contributed by atoms with Gasteiger partial charge in [-0.15, -0.1) is 11.8 Å². The number of nitro groups is 1. The molecule has 1 saturated heterocycles. The molecule has 0 aromatic heterocycles. The molecular weight excluding hydrogens is 751 g/mol. The lowest BCUT2D eigenvalue weighted by Crippen LogP contribution is -2.54. The Bertz CT molecular complexity index is 2380. The lowest BCUT2D eigenvalue weighted by molar-refractivity contribution is -0.384. The maximum absolute atomic E-state index is 13.3. The maximum atomic E-state index is 13.3. The molecule has 288 valence electrons. The number of nitro benzene ring substituents is 1. The van der Waals surface area contributed by atoms with Crippen molar-refractivity contribution in [3.8, 4) is 22.6 Å². The zero-order valence-electron chi connectivity index (χ0n) is 30.6. The van der Waals surface area contributed by atoms with Crippen LogP contribution in [0.4, 0.5) is 17.1 Å². The van der Waals surface area contributed by atoms with Gasteiger partial charge in [0.05, 0.1) is 9.82 Å². The van der Waals surface area contributed by atoms with Gasteiger partial charge >= 0.3 is 0 Å². The second kappa shape index (κ2) is 16.3. The zero-order chi connectivity index (χ0) is 38.6. The number of hydrogen-bond donors (Lipinski definition) is 2. The number of piperazine rings is 1. The van der Waals surface area contributed by atoms with Crippen LogP contribution >= 0.6 is 11.8 Å². The minimum Gasteiger partial charge on any atom is -0.486 e. The van der Waals surface area contributed by atoms with Gasteiger partial charge in [0.25, 0.3) is 21.6 Å². The number of sulfonamides is 1. The first-order valence-electron chi connectivity index (χ1n) is 18.6. The van der Waals surface area contributed by atoms with E-state index in [2.05, 4.69) is 56.2 Å². The first-order chi connectivity index (χ1) is 27.2. The fraction of sp³-hybridized carbons (Fsp3) is 0.262. The first kappa shape index (κ1) is 37.4. The normalized spacial score (nSPS) is 16.4. The third-order valence-electron chi connectivity index (χ3n) is 10.4. The highest BCUT2D eigenvalue weighted by molar-refractivity contribution is 7.99. The molecule has 56 heavy (non-hydrogen) atoms. The smallest absolute Gasteiger partial charge is 0.293 e. The fourth-order valence-electron chi connectivity index (χ4n) is 7.64. The summed E-state index contributed by atoms with van der Waals surface area (Å²) in [7, 11) is -4.40. The van der Waals surface area contributed by atoms with Crippen LogP contribution in [0, 0.1) is 10.1 Å². The van der Waals surface area contributed by atoms with Crippen LogP contribution in [0.15, 0.2) is 119 Å². The minimum atomic E-state index is -4.40. The van der Waals surface area contributed by atoms with Gasteiger partial charge in [0.2, 0.25) is 0 Å². The summed E-state index contributed by atoms with van der Waals surface area (Å²) in [5.74, 6) is 1.40. The van der Waals surface area contributed by atoms with Crippen molar-refractivity contribution in [2.45, 2.75) is 35.2 Å². The highest BCUT2D eigenvalue weighted by Crippen LogP contribution is 2.37. The molecule has 3 heterocycles. The molecular formula is C42H41N5O7S2. The van der Waals surface area contributed by atoms with Gasteiger partial charge in [0.15, 0.2) is 11.5 Å². The van der Waals surface area contributed by atoms with E-state index in [0.29, 0.717) is 31.6 Å². The predicted octanol–water partition coefficient (Wildman–Crippen LogP) is 6.99. The number of nitrogens with one attached hydrogen (secondary N) is 2. The van der Waals surface area contributed by atoms with Crippen molar-refractivity contribution in [3.05, 3.63) is 136 Å². The molecule has 1 atom stereocenters. The molecule has 0 unspecified atom stereocenters. The van der Waals surface area contributed by atoms with E-state index in [1.807, 2.05) is 42.5 Å². The summed E-state index contributed by atoms with van der Waals surface area (Å²) in [6.45, 7) is 4.91. The third kappa shape index (κ3) is 8.18. The summed E-state index contributed by atoms with van der Waals surface area (Å²) in [6, 6.07) is 33.6. The Balaban J connectivity index is 0.895. The summed E-state index contributed by atoms with van der Waals surface area (Å²) in [4.78, 5) is 30.2. The molecule has 0 bridgehead atoms. The summed E-state index contributed by atoms with van der Waals surface area (Å²) in [6.07, 6.45) is 1.64. The molecule has 1 fully saturated rings. The molecule has 14 heteroatoms. The largest absolute Gasteiger partial charge is 0.486 e. The second-order valence-electron chi connectivity index (χ2n) is 13.9. The van der Waals surface area contributed by atoms with E-state index in [9.17, 15) is 23.3 Å². The van der Waals surface area contributed by atoms with Gasteiger partial charge in [0, 0.05) is 66.7 Å².